The fourth-order valence-electron chi connectivity index (χ4n) is 6.26. The van der Waals surface area contributed by atoms with E-state index < -0.39 is 0 Å². The topological polar surface area (TPSA) is 43.2 Å². The molecule has 0 saturated heterocycles. The number of nitrogens with zero attached hydrogens (tertiary/aromatic N) is 1. The largest absolute Gasteiger partial charge is 0.489 e. The minimum Gasteiger partial charge on any atom is -0.489 e. The Morgan fingerprint density at radius 2 is 1.84 bits per heavy atom. The lowest BCUT2D eigenvalue weighted by Gasteiger charge is -2.28. The number of halogens is 1. The van der Waals surface area contributed by atoms with Gasteiger partial charge in [0, 0.05) is 47.1 Å². The first-order valence-corrected chi connectivity index (χ1v) is 14.7. The highest BCUT2D eigenvalue weighted by molar-refractivity contribution is 6.30. The van der Waals surface area contributed by atoms with Crippen molar-refractivity contribution in [2.75, 3.05) is 38.3 Å². The minimum atomic E-state index is -0.0751. The number of esters is 1. The molecule has 3 atom stereocenters. The van der Waals surface area contributed by atoms with Crippen LogP contribution in [0.2, 0.25) is 5.02 Å². The molecule has 3 unspecified atom stereocenters. The summed E-state index contributed by atoms with van der Waals surface area (Å²) in [6, 6.07) is 13.0. The molecule has 0 bridgehead atoms. The minimum absolute atomic E-state index is 0.0164. The van der Waals surface area contributed by atoms with Crippen LogP contribution in [0.15, 0.2) is 42.5 Å². The molecule has 0 aromatic heterocycles. The maximum absolute atomic E-state index is 12.3. The van der Waals surface area contributed by atoms with E-state index in [0.717, 1.165) is 67.2 Å². The highest BCUT2D eigenvalue weighted by Gasteiger charge is 2.48. The zero-order valence-electron chi connectivity index (χ0n) is 23.7. The second-order valence-corrected chi connectivity index (χ2v) is 11.3. The van der Waals surface area contributed by atoms with Crippen molar-refractivity contribution in [1.29, 1.82) is 0 Å². The number of likely N-dealkylation sites (N-methyl/N-ethyl adjacent to an activating group) is 1. The molecule has 6 heteroatoms. The van der Waals surface area contributed by atoms with Gasteiger partial charge in [0.2, 0.25) is 0 Å². The smallest absolute Gasteiger partial charge is 0.309 e. The van der Waals surface area contributed by atoms with Crippen LogP contribution in [0.1, 0.15) is 70.9 Å². The SMILES string of the molecule is CCN(CC)c1ccc(/C=C/C2[NH+](C)c3ccc(Cl)cc3C2(C)CC)c(OCCOC(=O)C2CCCC2)c1. The molecule has 2 aliphatic rings. The van der Waals surface area contributed by atoms with Gasteiger partial charge >= 0.3 is 5.97 Å². The molecule has 5 nitrogen and oxygen atoms in total. The molecule has 0 spiro atoms. The summed E-state index contributed by atoms with van der Waals surface area (Å²) >= 11 is 6.40. The van der Waals surface area contributed by atoms with Crippen LogP contribution in [0.3, 0.4) is 0 Å². The Balaban J connectivity index is 1.54. The van der Waals surface area contributed by atoms with E-state index in [1.165, 1.54) is 16.2 Å². The normalized spacial score (nSPS) is 23.1. The Bertz CT molecular complexity index is 1140. The molecule has 1 fully saturated rings. The standard InChI is InChI=1S/C32H43ClN2O3/c1-6-32(4)27-21-25(33)15-17-28(27)34(5)30(32)18-14-23-13-16-26(35(7-2)8-3)22-29(23)37-19-20-38-31(36)24-11-9-10-12-24/h13-18,21-22,24,30H,6-12,19-20H2,1-5H3/p+1/b18-14+. The molecule has 1 aliphatic carbocycles. The molecule has 38 heavy (non-hydrogen) atoms. The monoisotopic (exact) mass is 539 g/mol. The van der Waals surface area contributed by atoms with Crippen molar-refractivity contribution in [3.8, 4) is 5.75 Å². The lowest BCUT2D eigenvalue weighted by atomic mass is 9.76. The summed E-state index contributed by atoms with van der Waals surface area (Å²) in [5.74, 6) is 0.808. The van der Waals surface area contributed by atoms with Gasteiger partial charge < -0.3 is 14.4 Å². The Morgan fingerprint density at radius 1 is 1.11 bits per heavy atom. The Hall–Kier alpha value is -2.50. The van der Waals surface area contributed by atoms with Crippen LogP contribution in [0.25, 0.3) is 6.08 Å². The molecule has 4 rings (SSSR count). The van der Waals surface area contributed by atoms with Crippen molar-refractivity contribution in [2.24, 2.45) is 5.92 Å². The van der Waals surface area contributed by atoms with Crippen molar-refractivity contribution in [1.82, 2.24) is 0 Å². The quantitative estimate of drug-likeness (QED) is 0.272. The molecular weight excluding hydrogens is 496 g/mol. The molecule has 1 saturated carbocycles. The van der Waals surface area contributed by atoms with Crippen LogP contribution in [0.5, 0.6) is 5.75 Å². The van der Waals surface area contributed by atoms with Gasteiger partial charge in [-0.15, -0.1) is 0 Å². The molecule has 1 N–H and O–H groups in total. The van der Waals surface area contributed by atoms with E-state index in [0.29, 0.717) is 6.61 Å². The van der Waals surface area contributed by atoms with Gasteiger partial charge in [-0.1, -0.05) is 31.4 Å². The van der Waals surface area contributed by atoms with Crippen LogP contribution in [0, 0.1) is 5.92 Å². The van der Waals surface area contributed by atoms with Gasteiger partial charge in [0.1, 0.15) is 30.7 Å². The van der Waals surface area contributed by atoms with E-state index >= 15 is 0 Å². The third-order valence-electron chi connectivity index (χ3n) is 8.78. The number of carbonyl (C=O) groups excluding carboxylic acids is 1. The Kier molecular flexibility index (Phi) is 9.43. The van der Waals surface area contributed by atoms with Gasteiger partial charge in [-0.25, -0.2) is 0 Å². The summed E-state index contributed by atoms with van der Waals surface area (Å²) in [4.78, 5) is 16.0. The number of benzene rings is 2. The summed E-state index contributed by atoms with van der Waals surface area (Å²) in [6.07, 6.45) is 9.68. The van der Waals surface area contributed by atoms with Crippen molar-refractivity contribution in [3.05, 3.63) is 58.6 Å². The van der Waals surface area contributed by atoms with Gasteiger partial charge in [-0.2, -0.15) is 0 Å². The molecule has 0 amide bonds. The van der Waals surface area contributed by atoms with Gasteiger partial charge in [0.05, 0.1) is 18.4 Å². The highest BCUT2D eigenvalue weighted by atomic mass is 35.5. The average molecular weight is 540 g/mol. The summed E-state index contributed by atoms with van der Waals surface area (Å²) in [5, 5.41) is 0.789. The Morgan fingerprint density at radius 3 is 2.53 bits per heavy atom. The molecule has 1 aliphatic heterocycles. The van der Waals surface area contributed by atoms with Gasteiger partial charge in [-0.3, -0.25) is 9.69 Å². The molecular formula is C32H44ClN2O3+. The van der Waals surface area contributed by atoms with Gasteiger partial charge in [0.15, 0.2) is 0 Å². The maximum Gasteiger partial charge on any atom is 0.309 e. The number of quaternary nitrogens is 1. The van der Waals surface area contributed by atoms with Gasteiger partial charge in [-0.05, 0) is 76.5 Å². The molecule has 2 aromatic carbocycles. The molecule has 206 valence electrons. The van der Waals surface area contributed by atoms with E-state index in [-0.39, 0.29) is 30.0 Å². The van der Waals surface area contributed by atoms with E-state index in [1.807, 2.05) is 6.07 Å². The third kappa shape index (κ3) is 5.89. The van der Waals surface area contributed by atoms with Crippen molar-refractivity contribution >= 4 is 35.0 Å². The average Bonchev–Trinajstić information content (AvgIpc) is 3.53. The summed E-state index contributed by atoms with van der Waals surface area (Å²) < 4.78 is 11.8. The number of ether oxygens (including phenoxy) is 2. The predicted octanol–water partition coefficient (Wildman–Crippen LogP) is 6.21. The van der Waals surface area contributed by atoms with E-state index in [2.05, 4.69) is 82.1 Å². The Labute approximate surface area is 233 Å². The second kappa shape index (κ2) is 12.6. The predicted molar refractivity (Wildman–Crippen MR) is 157 cm³/mol. The number of fused-ring (bicyclic) bond motifs is 1. The first-order chi connectivity index (χ1) is 18.3. The van der Waals surface area contributed by atoms with E-state index in [9.17, 15) is 4.79 Å². The lowest BCUT2D eigenvalue weighted by molar-refractivity contribution is -0.828. The molecule has 2 aromatic rings. The van der Waals surface area contributed by atoms with Gasteiger partial charge in [0.25, 0.3) is 0 Å². The summed E-state index contributed by atoms with van der Waals surface area (Å²) in [5.41, 5.74) is 4.79. The zero-order valence-corrected chi connectivity index (χ0v) is 24.4. The summed E-state index contributed by atoms with van der Waals surface area (Å²) in [7, 11) is 2.24. The second-order valence-electron chi connectivity index (χ2n) is 10.9. The number of hydrogen-bond acceptors (Lipinski definition) is 4. The summed E-state index contributed by atoms with van der Waals surface area (Å²) in [6.45, 7) is 11.4. The fraction of sp³-hybridized carbons (Fsp3) is 0.531. The highest BCUT2D eigenvalue weighted by Crippen LogP contribution is 2.41. The van der Waals surface area contributed by atoms with E-state index in [1.54, 1.807) is 0 Å². The van der Waals surface area contributed by atoms with Crippen LogP contribution in [-0.2, 0) is 14.9 Å². The number of hydrogen-bond donors (Lipinski definition) is 1. The number of anilines is 1. The van der Waals surface area contributed by atoms with Crippen LogP contribution < -0.4 is 14.5 Å². The van der Waals surface area contributed by atoms with Crippen molar-refractivity contribution in [2.45, 2.75) is 71.3 Å². The lowest BCUT2D eigenvalue weighted by Crippen LogP contribution is -3.07. The first-order valence-electron chi connectivity index (χ1n) is 14.3. The number of carbonyl (C=O) groups is 1. The van der Waals surface area contributed by atoms with Crippen LogP contribution in [0.4, 0.5) is 11.4 Å². The number of rotatable bonds is 11. The molecule has 0 radical (unpaired) electrons. The van der Waals surface area contributed by atoms with E-state index in [4.69, 9.17) is 21.1 Å². The van der Waals surface area contributed by atoms with Crippen molar-refractivity contribution < 1.29 is 19.2 Å². The van der Waals surface area contributed by atoms with Crippen molar-refractivity contribution in [3.63, 3.8) is 0 Å². The number of nitrogens with one attached hydrogen (secondary N) is 1. The first kappa shape index (κ1) is 28.5. The third-order valence-corrected chi connectivity index (χ3v) is 9.01. The van der Waals surface area contributed by atoms with Crippen LogP contribution >= 0.6 is 11.6 Å². The molecule has 1 heterocycles. The zero-order chi connectivity index (χ0) is 27.3. The maximum atomic E-state index is 12.3. The van der Waals surface area contributed by atoms with Crippen LogP contribution in [-0.4, -0.2) is 45.4 Å². The fourth-order valence-corrected chi connectivity index (χ4v) is 6.43.